The van der Waals surface area contributed by atoms with E-state index in [2.05, 4.69) is 10.0 Å². The predicted octanol–water partition coefficient (Wildman–Crippen LogP) is 2.17. The topological polar surface area (TPSA) is 105 Å². The Morgan fingerprint density at radius 1 is 1.07 bits per heavy atom. The Kier molecular flexibility index (Phi) is 6.24. The molecule has 1 aliphatic rings. The van der Waals surface area contributed by atoms with Crippen LogP contribution >= 0.6 is 11.9 Å². The Balaban J connectivity index is 1.79. The van der Waals surface area contributed by atoms with Gasteiger partial charge < -0.3 is 14.6 Å². The van der Waals surface area contributed by atoms with E-state index in [9.17, 15) is 19.5 Å². The van der Waals surface area contributed by atoms with E-state index in [-0.39, 0.29) is 24.2 Å². The molecule has 2 aromatic carbocycles. The highest BCUT2D eigenvalue weighted by atomic mass is 32.2. The maximum Gasteiger partial charge on any atom is 0.339 e. The van der Waals surface area contributed by atoms with Crippen LogP contribution in [0.25, 0.3) is 11.1 Å². The van der Waals surface area contributed by atoms with Gasteiger partial charge in [-0.15, -0.1) is 0 Å². The van der Waals surface area contributed by atoms with Crippen LogP contribution in [0.1, 0.15) is 24.0 Å². The molecule has 0 bridgehead atoms. The number of likely N-dealkylation sites (N-methyl/N-ethyl adjacent to an activating group) is 1. The third-order valence-electron chi connectivity index (χ3n) is 4.99. The van der Waals surface area contributed by atoms with E-state index in [4.69, 9.17) is 4.74 Å². The summed E-state index contributed by atoms with van der Waals surface area (Å²) in [5, 5.41) is 12.2. The van der Waals surface area contributed by atoms with Gasteiger partial charge >= 0.3 is 11.9 Å². The SMILES string of the molecule is CN[C@@](CSNC(C)=O)(C(=O)O)C(=O)OCC1c2ccccc2-c2ccccc21. The molecule has 0 saturated heterocycles. The van der Waals surface area contributed by atoms with Crippen LogP contribution in [0.2, 0.25) is 0 Å². The van der Waals surface area contributed by atoms with Crippen LogP contribution in [0, 0.1) is 0 Å². The number of carboxylic acid groups (broad SMARTS) is 1. The van der Waals surface area contributed by atoms with Crippen molar-refractivity contribution in [2.24, 2.45) is 0 Å². The van der Waals surface area contributed by atoms with E-state index in [0.29, 0.717) is 0 Å². The lowest BCUT2D eigenvalue weighted by Gasteiger charge is -2.27. The number of aliphatic carboxylic acids is 1. The van der Waals surface area contributed by atoms with Crippen molar-refractivity contribution in [1.82, 2.24) is 10.0 Å². The molecule has 0 aromatic heterocycles. The summed E-state index contributed by atoms with van der Waals surface area (Å²) in [7, 11) is 1.38. The fraction of sp³-hybridized carbons (Fsp3) is 0.286. The predicted molar refractivity (Wildman–Crippen MR) is 110 cm³/mol. The third-order valence-corrected chi connectivity index (χ3v) is 6.00. The molecule has 0 aliphatic heterocycles. The molecule has 0 heterocycles. The monoisotopic (exact) mass is 414 g/mol. The Morgan fingerprint density at radius 2 is 1.62 bits per heavy atom. The summed E-state index contributed by atoms with van der Waals surface area (Å²) >= 11 is 0.841. The summed E-state index contributed by atoms with van der Waals surface area (Å²) in [5.74, 6) is -2.98. The number of rotatable bonds is 8. The molecule has 2 aromatic rings. The molecule has 7 nitrogen and oxygen atoms in total. The number of carbonyl (C=O) groups excluding carboxylic acids is 2. The van der Waals surface area contributed by atoms with E-state index in [1.165, 1.54) is 14.0 Å². The number of hydrogen-bond acceptors (Lipinski definition) is 6. The molecule has 1 atom stereocenters. The number of hydrogen-bond donors (Lipinski definition) is 3. The Labute approximate surface area is 173 Å². The summed E-state index contributed by atoms with van der Waals surface area (Å²) in [6, 6.07) is 15.8. The first-order valence-electron chi connectivity index (χ1n) is 9.07. The summed E-state index contributed by atoms with van der Waals surface area (Å²) in [5.41, 5.74) is 2.29. The second-order valence-electron chi connectivity index (χ2n) is 6.73. The van der Waals surface area contributed by atoms with Gasteiger partial charge in [0.1, 0.15) is 6.61 Å². The molecule has 29 heavy (non-hydrogen) atoms. The van der Waals surface area contributed by atoms with Crippen LogP contribution in [-0.2, 0) is 19.1 Å². The van der Waals surface area contributed by atoms with Gasteiger partial charge in [0.15, 0.2) is 0 Å². The largest absolute Gasteiger partial charge is 0.479 e. The van der Waals surface area contributed by atoms with Gasteiger partial charge in [-0.2, -0.15) is 0 Å². The minimum atomic E-state index is -1.97. The molecule has 8 heteroatoms. The van der Waals surface area contributed by atoms with E-state index in [0.717, 1.165) is 34.2 Å². The third kappa shape index (κ3) is 3.99. The number of nitrogens with one attached hydrogen (secondary N) is 2. The van der Waals surface area contributed by atoms with Gasteiger partial charge in [0.2, 0.25) is 11.4 Å². The van der Waals surface area contributed by atoms with Gasteiger partial charge in [-0.05, 0) is 41.2 Å². The highest BCUT2D eigenvalue weighted by Crippen LogP contribution is 2.44. The second kappa shape index (κ2) is 8.67. The molecule has 3 rings (SSSR count). The van der Waals surface area contributed by atoms with Crippen LogP contribution < -0.4 is 10.0 Å². The number of benzene rings is 2. The van der Waals surface area contributed by atoms with Crippen molar-refractivity contribution in [1.29, 1.82) is 0 Å². The fourth-order valence-corrected chi connectivity index (χ4v) is 4.33. The summed E-state index contributed by atoms with van der Waals surface area (Å²) < 4.78 is 7.94. The first-order valence-corrected chi connectivity index (χ1v) is 10.1. The standard InChI is InChI=1S/C21H22N2O5S/c1-13(24)23-29-12-21(22-2,19(25)26)20(27)28-11-18-16-9-5-3-7-14(16)15-8-4-6-10-17(15)18/h3-10,18,22H,11-12H2,1-2H3,(H,23,24)(H,25,26)/t21-/m0/s1. The number of carbonyl (C=O) groups is 3. The van der Waals surface area contributed by atoms with Crippen molar-refractivity contribution in [2.75, 3.05) is 19.4 Å². The number of amides is 1. The van der Waals surface area contributed by atoms with E-state index in [1.807, 2.05) is 48.5 Å². The van der Waals surface area contributed by atoms with Crippen molar-refractivity contribution in [2.45, 2.75) is 18.4 Å². The quantitative estimate of drug-likeness (QED) is 0.345. The minimum absolute atomic E-state index is 0.0222. The van der Waals surface area contributed by atoms with E-state index in [1.54, 1.807) is 0 Å². The van der Waals surface area contributed by atoms with Crippen molar-refractivity contribution in [3.8, 4) is 11.1 Å². The number of esters is 1. The van der Waals surface area contributed by atoms with Gasteiger partial charge in [-0.25, -0.2) is 9.59 Å². The molecule has 1 amide bonds. The molecule has 0 saturated carbocycles. The van der Waals surface area contributed by atoms with Gasteiger partial charge in [0.05, 0.1) is 5.75 Å². The number of ether oxygens (including phenoxy) is 1. The summed E-state index contributed by atoms with van der Waals surface area (Å²) in [4.78, 5) is 35.8. The van der Waals surface area contributed by atoms with Crippen molar-refractivity contribution in [3.63, 3.8) is 0 Å². The van der Waals surface area contributed by atoms with Crippen molar-refractivity contribution < 1.29 is 24.2 Å². The molecular formula is C21H22N2O5S. The number of carboxylic acids is 1. The minimum Gasteiger partial charge on any atom is -0.479 e. The van der Waals surface area contributed by atoms with Crippen molar-refractivity contribution >= 4 is 29.8 Å². The summed E-state index contributed by atoms with van der Waals surface area (Å²) in [6.45, 7) is 1.33. The second-order valence-corrected chi connectivity index (χ2v) is 7.51. The molecule has 0 spiro atoms. The van der Waals surface area contributed by atoms with Gasteiger partial charge in [-0.1, -0.05) is 48.5 Å². The lowest BCUT2D eigenvalue weighted by atomic mass is 9.97. The number of fused-ring (bicyclic) bond motifs is 3. The lowest BCUT2D eigenvalue weighted by Crippen LogP contribution is -2.60. The zero-order valence-corrected chi connectivity index (χ0v) is 16.9. The zero-order valence-electron chi connectivity index (χ0n) is 16.1. The van der Waals surface area contributed by atoms with Crippen LogP contribution in [0.5, 0.6) is 0 Å². The van der Waals surface area contributed by atoms with Gasteiger partial charge in [0, 0.05) is 12.8 Å². The average molecular weight is 414 g/mol. The van der Waals surface area contributed by atoms with Gasteiger partial charge in [0.25, 0.3) is 0 Å². The smallest absolute Gasteiger partial charge is 0.339 e. The average Bonchev–Trinajstić information content (AvgIpc) is 3.03. The molecule has 0 unspecified atom stereocenters. The Bertz CT molecular complexity index is 903. The van der Waals surface area contributed by atoms with Crippen LogP contribution in [0.4, 0.5) is 0 Å². The van der Waals surface area contributed by atoms with Gasteiger partial charge in [-0.3, -0.25) is 10.1 Å². The first kappa shape index (κ1) is 20.9. The molecule has 152 valence electrons. The van der Waals surface area contributed by atoms with E-state index >= 15 is 0 Å². The van der Waals surface area contributed by atoms with Crippen LogP contribution in [0.3, 0.4) is 0 Å². The normalized spacial score (nSPS) is 14.4. The highest BCUT2D eigenvalue weighted by Gasteiger charge is 2.47. The Hall–Kier alpha value is -2.84. The summed E-state index contributed by atoms with van der Waals surface area (Å²) in [6.07, 6.45) is 0. The fourth-order valence-electron chi connectivity index (χ4n) is 3.46. The molecule has 1 aliphatic carbocycles. The molecule has 0 fully saturated rings. The van der Waals surface area contributed by atoms with Crippen LogP contribution in [0.15, 0.2) is 48.5 Å². The molecular weight excluding hydrogens is 392 g/mol. The zero-order chi connectivity index (χ0) is 21.0. The molecule has 3 N–H and O–H groups in total. The van der Waals surface area contributed by atoms with Crippen LogP contribution in [-0.4, -0.2) is 47.9 Å². The molecule has 0 radical (unpaired) electrons. The highest BCUT2D eigenvalue weighted by molar-refractivity contribution is 7.98. The lowest BCUT2D eigenvalue weighted by molar-refractivity contribution is -0.161. The Morgan fingerprint density at radius 3 is 2.10 bits per heavy atom. The van der Waals surface area contributed by atoms with E-state index < -0.39 is 17.5 Å². The maximum absolute atomic E-state index is 12.8. The van der Waals surface area contributed by atoms with Crippen molar-refractivity contribution in [3.05, 3.63) is 59.7 Å². The first-order chi connectivity index (χ1) is 13.9. The maximum atomic E-state index is 12.8.